The van der Waals surface area contributed by atoms with Gasteiger partial charge < -0.3 is 15.8 Å². The topological polar surface area (TPSA) is 67.6 Å². The molecule has 5 nitrogen and oxygen atoms in total. The summed E-state index contributed by atoms with van der Waals surface area (Å²) in [6, 6.07) is 13.0. The van der Waals surface area contributed by atoms with Gasteiger partial charge in [-0.25, -0.2) is 0 Å². The Balaban J connectivity index is 1.46. The molecular formula is C20H23Cl2N3O2. The van der Waals surface area contributed by atoms with Crippen LogP contribution in [0.2, 0.25) is 10.0 Å². The van der Waals surface area contributed by atoms with Gasteiger partial charge in [-0.2, -0.15) is 0 Å². The second-order valence-corrected chi connectivity index (χ2v) is 7.52. The standard InChI is InChI=1S/C20H23Cl2N3O2/c21-18-5-4-15(9-19(18)22)12-25-6-7-27-17(13-25)11-24-20(26)10-14-2-1-3-16(23)8-14/h1-5,8-9,17H,6-7,10-13,23H2,(H,24,26). The molecule has 1 saturated heterocycles. The molecule has 27 heavy (non-hydrogen) atoms. The monoisotopic (exact) mass is 407 g/mol. The number of ether oxygens (including phenoxy) is 1. The normalized spacial score (nSPS) is 17.6. The first-order valence-electron chi connectivity index (χ1n) is 8.88. The zero-order valence-corrected chi connectivity index (χ0v) is 16.5. The van der Waals surface area contributed by atoms with E-state index >= 15 is 0 Å². The third-order valence-electron chi connectivity index (χ3n) is 4.46. The summed E-state index contributed by atoms with van der Waals surface area (Å²) >= 11 is 12.1. The number of hydrogen-bond acceptors (Lipinski definition) is 4. The van der Waals surface area contributed by atoms with Crippen molar-refractivity contribution in [1.29, 1.82) is 0 Å². The summed E-state index contributed by atoms with van der Waals surface area (Å²) in [6.07, 6.45) is 0.274. The van der Waals surface area contributed by atoms with E-state index in [1.807, 2.05) is 36.4 Å². The highest BCUT2D eigenvalue weighted by molar-refractivity contribution is 6.42. The van der Waals surface area contributed by atoms with Crippen LogP contribution >= 0.6 is 23.2 Å². The number of anilines is 1. The maximum atomic E-state index is 12.2. The number of carbonyl (C=O) groups is 1. The van der Waals surface area contributed by atoms with Gasteiger partial charge in [0.15, 0.2) is 0 Å². The molecule has 0 spiro atoms. The van der Waals surface area contributed by atoms with Gasteiger partial charge in [0.05, 0.1) is 29.2 Å². The molecule has 1 atom stereocenters. The molecule has 0 aliphatic carbocycles. The second kappa shape index (κ2) is 9.42. The number of hydrogen-bond donors (Lipinski definition) is 2. The molecule has 0 bridgehead atoms. The summed E-state index contributed by atoms with van der Waals surface area (Å²) in [5.74, 6) is -0.0363. The zero-order valence-electron chi connectivity index (χ0n) is 15.0. The van der Waals surface area contributed by atoms with Crippen molar-refractivity contribution in [3.63, 3.8) is 0 Å². The lowest BCUT2D eigenvalue weighted by atomic mass is 10.1. The first-order valence-corrected chi connectivity index (χ1v) is 9.64. The first kappa shape index (κ1) is 20.0. The summed E-state index contributed by atoms with van der Waals surface area (Å²) in [5.41, 5.74) is 8.42. The highest BCUT2D eigenvalue weighted by Gasteiger charge is 2.21. The van der Waals surface area contributed by atoms with E-state index in [-0.39, 0.29) is 12.0 Å². The van der Waals surface area contributed by atoms with Crippen LogP contribution in [-0.2, 0) is 22.5 Å². The van der Waals surface area contributed by atoms with E-state index in [1.165, 1.54) is 0 Å². The predicted octanol–water partition coefficient (Wildman–Crippen LogP) is 3.14. The minimum absolute atomic E-state index is 0.0358. The van der Waals surface area contributed by atoms with Crippen LogP contribution in [0.15, 0.2) is 42.5 Å². The number of nitrogens with two attached hydrogens (primary N) is 1. The molecule has 2 aromatic carbocycles. The molecule has 0 aromatic heterocycles. The van der Waals surface area contributed by atoms with Crippen molar-refractivity contribution in [2.24, 2.45) is 0 Å². The van der Waals surface area contributed by atoms with E-state index in [0.717, 1.165) is 30.8 Å². The van der Waals surface area contributed by atoms with Gasteiger partial charge in [0, 0.05) is 31.9 Å². The summed E-state index contributed by atoms with van der Waals surface area (Å²) < 4.78 is 5.78. The Labute approximate surface area is 169 Å². The van der Waals surface area contributed by atoms with Crippen LogP contribution in [0.3, 0.4) is 0 Å². The van der Waals surface area contributed by atoms with Gasteiger partial charge in [-0.1, -0.05) is 41.4 Å². The average Bonchev–Trinajstić information content (AvgIpc) is 2.63. The molecule has 1 fully saturated rings. The third-order valence-corrected chi connectivity index (χ3v) is 5.19. The van der Waals surface area contributed by atoms with Gasteiger partial charge in [-0.3, -0.25) is 9.69 Å². The predicted molar refractivity (Wildman–Crippen MR) is 109 cm³/mol. The van der Waals surface area contributed by atoms with Crippen molar-refractivity contribution in [2.45, 2.75) is 19.1 Å². The Hall–Kier alpha value is -1.79. The van der Waals surface area contributed by atoms with Crippen LogP contribution in [-0.4, -0.2) is 43.2 Å². The minimum Gasteiger partial charge on any atom is -0.399 e. The lowest BCUT2D eigenvalue weighted by Gasteiger charge is -2.33. The molecular weight excluding hydrogens is 385 g/mol. The van der Waals surface area contributed by atoms with Crippen LogP contribution in [0.1, 0.15) is 11.1 Å². The van der Waals surface area contributed by atoms with Crippen molar-refractivity contribution in [2.75, 3.05) is 32.0 Å². The largest absolute Gasteiger partial charge is 0.399 e. The molecule has 3 N–H and O–H groups in total. The van der Waals surface area contributed by atoms with E-state index in [2.05, 4.69) is 10.2 Å². The van der Waals surface area contributed by atoms with Gasteiger partial charge in [-0.05, 0) is 35.4 Å². The number of amides is 1. The molecule has 7 heteroatoms. The molecule has 1 amide bonds. The number of rotatable bonds is 6. The Morgan fingerprint density at radius 3 is 2.81 bits per heavy atom. The smallest absolute Gasteiger partial charge is 0.224 e. The van der Waals surface area contributed by atoms with Gasteiger partial charge in [0.25, 0.3) is 0 Å². The fourth-order valence-electron chi connectivity index (χ4n) is 3.12. The van der Waals surface area contributed by atoms with Crippen molar-refractivity contribution >= 4 is 34.8 Å². The maximum Gasteiger partial charge on any atom is 0.224 e. The van der Waals surface area contributed by atoms with E-state index in [0.29, 0.717) is 35.3 Å². The van der Waals surface area contributed by atoms with E-state index < -0.39 is 0 Å². The number of benzene rings is 2. The van der Waals surface area contributed by atoms with Crippen molar-refractivity contribution in [3.8, 4) is 0 Å². The summed E-state index contributed by atoms with van der Waals surface area (Å²) in [7, 11) is 0. The van der Waals surface area contributed by atoms with Crippen LogP contribution in [0, 0.1) is 0 Å². The molecule has 1 unspecified atom stereocenters. The number of halogens is 2. The van der Waals surface area contributed by atoms with Gasteiger partial charge in [0.2, 0.25) is 5.91 Å². The first-order chi connectivity index (χ1) is 13.0. The van der Waals surface area contributed by atoms with Crippen LogP contribution in [0.25, 0.3) is 0 Å². The van der Waals surface area contributed by atoms with E-state index in [1.54, 1.807) is 6.07 Å². The van der Waals surface area contributed by atoms with Crippen LogP contribution in [0.5, 0.6) is 0 Å². The summed E-state index contributed by atoms with van der Waals surface area (Å²) in [5, 5.41) is 4.07. The average molecular weight is 408 g/mol. The Morgan fingerprint density at radius 2 is 2.04 bits per heavy atom. The molecule has 0 radical (unpaired) electrons. The van der Waals surface area contributed by atoms with E-state index in [9.17, 15) is 4.79 Å². The fourth-order valence-corrected chi connectivity index (χ4v) is 3.44. The maximum absolute atomic E-state index is 12.2. The van der Waals surface area contributed by atoms with Gasteiger partial charge >= 0.3 is 0 Å². The SMILES string of the molecule is Nc1cccc(CC(=O)NCC2CN(Cc3ccc(Cl)c(Cl)c3)CCO2)c1. The number of nitrogens with one attached hydrogen (secondary N) is 1. The fraction of sp³-hybridized carbons (Fsp3) is 0.350. The number of carbonyl (C=O) groups excluding carboxylic acids is 1. The lowest BCUT2D eigenvalue weighted by molar-refractivity contribution is -0.121. The highest BCUT2D eigenvalue weighted by Crippen LogP contribution is 2.23. The number of nitrogens with zero attached hydrogens (tertiary/aromatic N) is 1. The number of nitrogen functional groups attached to an aromatic ring is 1. The van der Waals surface area contributed by atoms with Crippen molar-refractivity contribution < 1.29 is 9.53 Å². The minimum atomic E-state index is -0.0363. The molecule has 2 aromatic rings. The number of morpholine rings is 1. The molecule has 3 rings (SSSR count). The van der Waals surface area contributed by atoms with Crippen LogP contribution in [0.4, 0.5) is 5.69 Å². The zero-order chi connectivity index (χ0) is 19.2. The molecule has 144 valence electrons. The lowest BCUT2D eigenvalue weighted by Crippen LogP contribution is -2.47. The molecule has 1 heterocycles. The summed E-state index contributed by atoms with van der Waals surface area (Å²) in [6.45, 7) is 3.48. The van der Waals surface area contributed by atoms with Gasteiger partial charge in [-0.15, -0.1) is 0 Å². The van der Waals surface area contributed by atoms with E-state index in [4.69, 9.17) is 33.7 Å². The highest BCUT2D eigenvalue weighted by atomic mass is 35.5. The Bertz CT molecular complexity index is 801. The van der Waals surface area contributed by atoms with Gasteiger partial charge in [0.1, 0.15) is 0 Å². The molecule has 1 aliphatic rings. The Kier molecular flexibility index (Phi) is 6.96. The second-order valence-electron chi connectivity index (χ2n) is 6.70. The third kappa shape index (κ3) is 6.11. The van der Waals surface area contributed by atoms with Crippen molar-refractivity contribution in [3.05, 3.63) is 63.6 Å². The molecule has 0 saturated carbocycles. The van der Waals surface area contributed by atoms with Crippen molar-refractivity contribution in [1.82, 2.24) is 10.2 Å². The molecule has 1 aliphatic heterocycles. The Morgan fingerprint density at radius 1 is 1.19 bits per heavy atom. The van der Waals surface area contributed by atoms with Crippen LogP contribution < -0.4 is 11.1 Å². The quantitative estimate of drug-likeness (QED) is 0.721. The summed E-state index contributed by atoms with van der Waals surface area (Å²) in [4.78, 5) is 14.4.